The molecule has 0 radical (unpaired) electrons. The highest BCUT2D eigenvalue weighted by molar-refractivity contribution is 9.10. The summed E-state index contributed by atoms with van der Waals surface area (Å²) in [5.41, 5.74) is 0.0223. The van der Waals surface area contributed by atoms with Crippen LogP contribution in [0.5, 0.6) is 11.5 Å². The second-order valence-electron chi connectivity index (χ2n) is 4.57. The van der Waals surface area contributed by atoms with Crippen molar-refractivity contribution in [2.45, 2.75) is 6.18 Å². The van der Waals surface area contributed by atoms with Gasteiger partial charge in [-0.2, -0.15) is 13.2 Å². The molecule has 0 aliphatic rings. The molecular formula is C16H9BrF3NO. The summed E-state index contributed by atoms with van der Waals surface area (Å²) in [4.78, 5) is 4.25. The van der Waals surface area contributed by atoms with Gasteiger partial charge in [0.15, 0.2) is 0 Å². The maximum atomic E-state index is 12.5. The summed E-state index contributed by atoms with van der Waals surface area (Å²) in [7, 11) is 0. The van der Waals surface area contributed by atoms with Gasteiger partial charge in [-0.1, -0.05) is 6.07 Å². The maximum absolute atomic E-state index is 12.5. The number of nitrogens with zero attached hydrogens (tertiary/aromatic N) is 1. The normalized spacial score (nSPS) is 11.6. The number of alkyl halides is 3. The molecule has 0 spiro atoms. The number of para-hydroxylation sites is 1. The summed E-state index contributed by atoms with van der Waals surface area (Å²) in [6, 6.07) is 11.8. The van der Waals surface area contributed by atoms with Crippen molar-refractivity contribution in [3.8, 4) is 11.5 Å². The molecule has 0 bridgehead atoms. The fourth-order valence-corrected chi connectivity index (χ4v) is 2.51. The number of fused-ring (bicyclic) bond motifs is 1. The smallest absolute Gasteiger partial charge is 0.416 e. The van der Waals surface area contributed by atoms with E-state index in [0.29, 0.717) is 11.5 Å². The van der Waals surface area contributed by atoms with Gasteiger partial charge < -0.3 is 4.74 Å². The lowest BCUT2D eigenvalue weighted by Crippen LogP contribution is -2.04. The van der Waals surface area contributed by atoms with E-state index >= 15 is 0 Å². The van der Waals surface area contributed by atoms with Crippen LogP contribution in [0.4, 0.5) is 13.2 Å². The minimum absolute atomic E-state index is 0.334. The highest BCUT2D eigenvalue weighted by Crippen LogP contribution is 2.34. The van der Waals surface area contributed by atoms with Crippen molar-refractivity contribution in [2.75, 3.05) is 0 Å². The van der Waals surface area contributed by atoms with E-state index in [1.807, 2.05) is 18.2 Å². The molecule has 22 heavy (non-hydrogen) atoms. The number of ether oxygens (including phenoxy) is 1. The first-order valence-corrected chi connectivity index (χ1v) is 7.13. The van der Waals surface area contributed by atoms with Gasteiger partial charge in [0.2, 0.25) is 0 Å². The molecule has 0 amide bonds. The SMILES string of the molecule is FC(F)(F)c1ccc(Oc2ccnc3c(Br)cccc23)cc1. The van der Waals surface area contributed by atoms with E-state index in [-0.39, 0.29) is 0 Å². The Bertz CT molecular complexity index is 816. The Morgan fingerprint density at radius 2 is 1.68 bits per heavy atom. The van der Waals surface area contributed by atoms with Gasteiger partial charge in [-0.25, -0.2) is 0 Å². The predicted molar refractivity (Wildman–Crippen MR) is 81.0 cm³/mol. The van der Waals surface area contributed by atoms with Crippen molar-refractivity contribution in [3.63, 3.8) is 0 Å². The van der Waals surface area contributed by atoms with Gasteiger partial charge >= 0.3 is 6.18 Å². The molecule has 0 unspecified atom stereocenters. The average Bonchev–Trinajstić information content (AvgIpc) is 2.48. The second kappa shape index (κ2) is 5.61. The van der Waals surface area contributed by atoms with Crippen LogP contribution in [-0.2, 0) is 6.18 Å². The summed E-state index contributed by atoms with van der Waals surface area (Å²) < 4.78 is 44.1. The van der Waals surface area contributed by atoms with Crippen molar-refractivity contribution in [2.24, 2.45) is 0 Å². The molecule has 0 atom stereocenters. The molecule has 0 fully saturated rings. The highest BCUT2D eigenvalue weighted by atomic mass is 79.9. The van der Waals surface area contributed by atoms with E-state index in [2.05, 4.69) is 20.9 Å². The van der Waals surface area contributed by atoms with Gasteiger partial charge in [0, 0.05) is 16.1 Å². The molecule has 1 aromatic heterocycles. The monoisotopic (exact) mass is 367 g/mol. The fraction of sp³-hybridized carbons (Fsp3) is 0.0625. The van der Waals surface area contributed by atoms with Gasteiger partial charge in [0.1, 0.15) is 11.5 Å². The third kappa shape index (κ3) is 2.92. The molecule has 112 valence electrons. The van der Waals surface area contributed by atoms with E-state index < -0.39 is 11.7 Å². The molecule has 3 aromatic rings. The molecule has 2 nitrogen and oxygen atoms in total. The lowest BCUT2D eigenvalue weighted by Gasteiger charge is -2.11. The van der Waals surface area contributed by atoms with E-state index in [9.17, 15) is 13.2 Å². The van der Waals surface area contributed by atoms with Gasteiger partial charge in [-0.3, -0.25) is 4.98 Å². The average molecular weight is 368 g/mol. The van der Waals surface area contributed by atoms with Crippen molar-refractivity contribution in [1.29, 1.82) is 0 Å². The van der Waals surface area contributed by atoms with Gasteiger partial charge in [0.05, 0.1) is 11.1 Å². The molecule has 0 saturated heterocycles. The lowest BCUT2D eigenvalue weighted by molar-refractivity contribution is -0.137. The Morgan fingerprint density at radius 3 is 2.36 bits per heavy atom. The lowest BCUT2D eigenvalue weighted by atomic mass is 10.2. The Balaban J connectivity index is 1.95. The second-order valence-corrected chi connectivity index (χ2v) is 5.42. The fourth-order valence-electron chi connectivity index (χ4n) is 2.04. The van der Waals surface area contributed by atoms with Crippen LogP contribution in [0, 0.1) is 0 Å². The third-order valence-electron chi connectivity index (χ3n) is 3.09. The van der Waals surface area contributed by atoms with Crippen molar-refractivity contribution >= 4 is 26.8 Å². The third-order valence-corrected chi connectivity index (χ3v) is 3.73. The minimum Gasteiger partial charge on any atom is -0.457 e. The zero-order valence-electron chi connectivity index (χ0n) is 11.1. The van der Waals surface area contributed by atoms with Crippen LogP contribution >= 0.6 is 15.9 Å². The molecule has 0 saturated carbocycles. The van der Waals surface area contributed by atoms with Crippen molar-refractivity contribution in [3.05, 3.63) is 64.8 Å². The van der Waals surface area contributed by atoms with Gasteiger partial charge in [-0.15, -0.1) is 0 Å². The quantitative estimate of drug-likeness (QED) is 0.570. The summed E-state index contributed by atoms with van der Waals surface area (Å²) >= 11 is 3.40. The number of halogens is 4. The molecule has 0 aliphatic heterocycles. The van der Waals surface area contributed by atoms with Crippen LogP contribution in [0.15, 0.2) is 59.2 Å². The van der Waals surface area contributed by atoms with Crippen LogP contribution in [0.25, 0.3) is 10.9 Å². The maximum Gasteiger partial charge on any atom is 0.416 e. The minimum atomic E-state index is -4.35. The van der Waals surface area contributed by atoms with E-state index in [1.165, 1.54) is 12.1 Å². The zero-order chi connectivity index (χ0) is 15.7. The number of pyridine rings is 1. The topological polar surface area (TPSA) is 22.1 Å². The molecule has 6 heteroatoms. The number of hydrogen-bond acceptors (Lipinski definition) is 2. The number of hydrogen-bond donors (Lipinski definition) is 0. The van der Waals surface area contributed by atoms with Gasteiger partial charge in [-0.05, 0) is 58.4 Å². The first kappa shape index (κ1) is 14.8. The van der Waals surface area contributed by atoms with Gasteiger partial charge in [0.25, 0.3) is 0 Å². The van der Waals surface area contributed by atoms with Crippen LogP contribution in [0.2, 0.25) is 0 Å². The Hall–Kier alpha value is -2.08. The largest absolute Gasteiger partial charge is 0.457 e. The number of aromatic nitrogens is 1. The molecule has 2 aromatic carbocycles. The predicted octanol–water partition coefficient (Wildman–Crippen LogP) is 5.81. The molecule has 1 heterocycles. The zero-order valence-corrected chi connectivity index (χ0v) is 12.6. The molecule has 0 aliphatic carbocycles. The van der Waals surface area contributed by atoms with Crippen molar-refractivity contribution < 1.29 is 17.9 Å². The number of rotatable bonds is 2. The first-order chi connectivity index (χ1) is 10.4. The first-order valence-electron chi connectivity index (χ1n) is 6.33. The van der Waals surface area contributed by atoms with E-state index in [4.69, 9.17) is 4.74 Å². The van der Waals surface area contributed by atoms with Crippen LogP contribution in [0.3, 0.4) is 0 Å². The molecule has 3 rings (SSSR count). The summed E-state index contributed by atoms with van der Waals surface area (Å²) in [6.07, 6.45) is -2.76. The molecule has 0 N–H and O–H groups in total. The van der Waals surface area contributed by atoms with E-state index in [1.54, 1.807) is 12.3 Å². The van der Waals surface area contributed by atoms with Crippen LogP contribution in [-0.4, -0.2) is 4.98 Å². The summed E-state index contributed by atoms with van der Waals surface area (Å²) in [5.74, 6) is 0.867. The van der Waals surface area contributed by atoms with Crippen LogP contribution < -0.4 is 4.74 Å². The number of benzene rings is 2. The Labute approximate surface area is 132 Å². The summed E-state index contributed by atoms with van der Waals surface area (Å²) in [6.45, 7) is 0. The Morgan fingerprint density at radius 1 is 0.955 bits per heavy atom. The summed E-state index contributed by atoms with van der Waals surface area (Å²) in [5, 5.41) is 0.775. The standard InChI is InChI=1S/C16H9BrF3NO/c17-13-3-1-2-12-14(8-9-21-15(12)13)22-11-6-4-10(5-7-11)16(18,19)20/h1-9H. The molecular weight excluding hydrogens is 359 g/mol. The van der Waals surface area contributed by atoms with Crippen molar-refractivity contribution in [1.82, 2.24) is 4.98 Å². The van der Waals surface area contributed by atoms with Crippen LogP contribution in [0.1, 0.15) is 5.56 Å². The Kier molecular flexibility index (Phi) is 3.78. The van der Waals surface area contributed by atoms with E-state index in [0.717, 1.165) is 27.5 Å². The highest BCUT2D eigenvalue weighted by Gasteiger charge is 2.30.